The van der Waals surface area contributed by atoms with E-state index in [0.29, 0.717) is 26.2 Å². The van der Waals surface area contributed by atoms with Crippen LogP contribution in [0.2, 0.25) is 0 Å². The van der Waals surface area contributed by atoms with Gasteiger partial charge >= 0.3 is 6.03 Å². The van der Waals surface area contributed by atoms with Crippen molar-refractivity contribution in [3.05, 3.63) is 18.7 Å². The van der Waals surface area contributed by atoms with E-state index in [-0.39, 0.29) is 12.1 Å². The Morgan fingerprint density at radius 3 is 2.95 bits per heavy atom. The Morgan fingerprint density at radius 1 is 1.48 bits per heavy atom. The molecule has 2 N–H and O–H groups in total. The number of rotatable bonds is 5. The van der Waals surface area contributed by atoms with Crippen molar-refractivity contribution in [1.82, 2.24) is 24.5 Å². The summed E-state index contributed by atoms with van der Waals surface area (Å²) in [6.07, 6.45) is 7.90. The van der Waals surface area contributed by atoms with Crippen LogP contribution in [0.25, 0.3) is 0 Å². The van der Waals surface area contributed by atoms with Crippen molar-refractivity contribution in [2.24, 2.45) is 0 Å². The van der Waals surface area contributed by atoms with E-state index in [2.05, 4.69) is 15.0 Å². The molecule has 0 aromatic carbocycles. The van der Waals surface area contributed by atoms with Crippen LogP contribution in [0.3, 0.4) is 0 Å². The lowest BCUT2D eigenvalue weighted by Crippen LogP contribution is -2.52. The number of sulfonamides is 1. The van der Waals surface area contributed by atoms with E-state index in [9.17, 15) is 13.2 Å². The highest BCUT2D eigenvalue weighted by atomic mass is 32.2. The van der Waals surface area contributed by atoms with Gasteiger partial charge in [0.1, 0.15) is 0 Å². The molecule has 1 fully saturated rings. The van der Waals surface area contributed by atoms with E-state index in [0.717, 1.165) is 19.1 Å². The molecule has 2 rings (SSSR count). The third-order valence-electron chi connectivity index (χ3n) is 3.29. The maximum absolute atomic E-state index is 12.1. The molecule has 1 aliphatic heterocycles. The minimum atomic E-state index is -3.24. The maximum atomic E-state index is 12.1. The Bertz CT molecular complexity index is 557. The first-order valence-electron chi connectivity index (χ1n) is 6.90. The van der Waals surface area contributed by atoms with E-state index in [1.807, 2.05) is 10.8 Å². The summed E-state index contributed by atoms with van der Waals surface area (Å²) in [6, 6.07) is -0.358. The third kappa shape index (κ3) is 5.35. The van der Waals surface area contributed by atoms with Crippen LogP contribution in [0.1, 0.15) is 12.8 Å². The molecule has 0 saturated carbocycles. The topological polar surface area (TPSA) is 96.3 Å². The number of nitrogens with one attached hydrogen (secondary N) is 2. The standard InChI is InChI=1S/C12H21N5O3S/c1-21(19,20)15-11-3-2-6-17(9-11)12(18)14-5-8-16-7-4-13-10-16/h4,7,10-11,15H,2-3,5-6,8-9H2,1H3,(H,14,18). The van der Waals surface area contributed by atoms with Gasteiger partial charge < -0.3 is 14.8 Å². The lowest BCUT2D eigenvalue weighted by molar-refractivity contribution is 0.177. The molecule has 1 aromatic heterocycles. The van der Waals surface area contributed by atoms with Crippen LogP contribution >= 0.6 is 0 Å². The molecule has 0 aliphatic carbocycles. The average Bonchev–Trinajstić information content (AvgIpc) is 2.90. The number of urea groups is 1. The van der Waals surface area contributed by atoms with E-state index < -0.39 is 10.0 Å². The van der Waals surface area contributed by atoms with Crippen molar-refractivity contribution >= 4 is 16.1 Å². The number of hydrogen-bond acceptors (Lipinski definition) is 4. The molecule has 118 valence electrons. The Morgan fingerprint density at radius 2 is 2.29 bits per heavy atom. The number of aromatic nitrogens is 2. The first-order valence-corrected chi connectivity index (χ1v) is 8.79. The van der Waals surface area contributed by atoms with Crippen molar-refractivity contribution in [3.8, 4) is 0 Å². The molecule has 8 nitrogen and oxygen atoms in total. The number of carbonyl (C=O) groups excluding carboxylic acids is 1. The number of imidazole rings is 1. The highest BCUT2D eigenvalue weighted by Gasteiger charge is 2.25. The molecule has 2 heterocycles. The molecule has 9 heteroatoms. The van der Waals surface area contributed by atoms with E-state index in [1.165, 1.54) is 0 Å². The van der Waals surface area contributed by atoms with Gasteiger partial charge in [0.2, 0.25) is 10.0 Å². The van der Waals surface area contributed by atoms with Crippen LogP contribution in [0.4, 0.5) is 4.79 Å². The third-order valence-corrected chi connectivity index (χ3v) is 4.06. The zero-order chi connectivity index (χ0) is 15.3. The molecule has 1 aromatic rings. The quantitative estimate of drug-likeness (QED) is 0.773. The number of piperidine rings is 1. The highest BCUT2D eigenvalue weighted by molar-refractivity contribution is 7.88. The first-order chi connectivity index (χ1) is 9.94. The summed E-state index contributed by atoms with van der Waals surface area (Å²) in [4.78, 5) is 17.6. The second-order valence-corrected chi connectivity index (χ2v) is 6.99. The fourth-order valence-corrected chi connectivity index (χ4v) is 3.18. The van der Waals surface area contributed by atoms with Crippen molar-refractivity contribution < 1.29 is 13.2 Å². The van der Waals surface area contributed by atoms with Gasteiger partial charge in [-0.3, -0.25) is 0 Å². The summed E-state index contributed by atoms with van der Waals surface area (Å²) >= 11 is 0. The molecule has 0 spiro atoms. The molecule has 1 unspecified atom stereocenters. The van der Waals surface area contributed by atoms with Crippen LogP contribution in [0, 0.1) is 0 Å². The molecule has 1 aliphatic rings. The van der Waals surface area contributed by atoms with Gasteiger partial charge in [-0.15, -0.1) is 0 Å². The Kier molecular flexibility index (Phi) is 5.18. The summed E-state index contributed by atoms with van der Waals surface area (Å²) in [6.45, 7) is 2.23. The van der Waals surface area contributed by atoms with Crippen LogP contribution in [0.5, 0.6) is 0 Å². The monoisotopic (exact) mass is 315 g/mol. The molecule has 1 atom stereocenters. The van der Waals surface area contributed by atoms with Gasteiger partial charge in [-0.1, -0.05) is 0 Å². The summed E-state index contributed by atoms with van der Waals surface area (Å²) in [5.74, 6) is 0. The predicted molar refractivity (Wildman–Crippen MR) is 78.2 cm³/mol. The fourth-order valence-electron chi connectivity index (χ4n) is 2.38. The van der Waals surface area contributed by atoms with Gasteiger partial charge in [-0.05, 0) is 12.8 Å². The molecular weight excluding hydrogens is 294 g/mol. The smallest absolute Gasteiger partial charge is 0.317 e. The predicted octanol–water partition coefficient (Wildman–Crippen LogP) is -0.394. The summed E-state index contributed by atoms with van der Waals surface area (Å²) in [5.41, 5.74) is 0. The Balaban J connectivity index is 1.76. The SMILES string of the molecule is CS(=O)(=O)NC1CCCN(C(=O)NCCn2ccnc2)C1. The van der Waals surface area contributed by atoms with Gasteiger partial charge in [0.05, 0.1) is 12.6 Å². The number of carbonyl (C=O) groups is 1. The zero-order valence-corrected chi connectivity index (χ0v) is 12.8. The Hall–Kier alpha value is -1.61. The number of hydrogen-bond donors (Lipinski definition) is 2. The van der Waals surface area contributed by atoms with Crippen LogP contribution in [0.15, 0.2) is 18.7 Å². The molecular formula is C12H21N5O3S. The van der Waals surface area contributed by atoms with Gasteiger partial charge in [-0.25, -0.2) is 22.9 Å². The van der Waals surface area contributed by atoms with Crippen molar-refractivity contribution in [1.29, 1.82) is 0 Å². The van der Waals surface area contributed by atoms with E-state index in [4.69, 9.17) is 0 Å². The molecule has 2 amide bonds. The minimum absolute atomic E-state index is 0.157. The second kappa shape index (κ2) is 6.90. The molecule has 0 radical (unpaired) electrons. The minimum Gasteiger partial charge on any atom is -0.336 e. The molecule has 0 bridgehead atoms. The second-order valence-electron chi connectivity index (χ2n) is 5.21. The van der Waals surface area contributed by atoms with Gasteiger partial charge in [0, 0.05) is 44.6 Å². The van der Waals surface area contributed by atoms with Crippen LogP contribution < -0.4 is 10.0 Å². The van der Waals surface area contributed by atoms with Gasteiger partial charge in [-0.2, -0.15) is 0 Å². The Labute approximate surface area is 124 Å². The van der Waals surface area contributed by atoms with Crippen molar-refractivity contribution in [2.45, 2.75) is 25.4 Å². The van der Waals surface area contributed by atoms with Gasteiger partial charge in [0.25, 0.3) is 0 Å². The van der Waals surface area contributed by atoms with Crippen molar-refractivity contribution in [2.75, 3.05) is 25.9 Å². The first kappa shape index (κ1) is 15.8. The molecule has 1 saturated heterocycles. The summed E-state index contributed by atoms with van der Waals surface area (Å²) in [5, 5.41) is 2.84. The molecule has 21 heavy (non-hydrogen) atoms. The highest BCUT2D eigenvalue weighted by Crippen LogP contribution is 2.10. The lowest BCUT2D eigenvalue weighted by Gasteiger charge is -2.32. The number of likely N-dealkylation sites (tertiary alicyclic amines) is 1. The average molecular weight is 315 g/mol. The zero-order valence-electron chi connectivity index (χ0n) is 12.0. The largest absolute Gasteiger partial charge is 0.336 e. The van der Waals surface area contributed by atoms with Gasteiger partial charge in [0.15, 0.2) is 0 Å². The normalized spacial score (nSPS) is 19.5. The van der Waals surface area contributed by atoms with Crippen LogP contribution in [-0.4, -0.2) is 60.8 Å². The van der Waals surface area contributed by atoms with E-state index >= 15 is 0 Å². The van der Waals surface area contributed by atoms with Crippen LogP contribution in [-0.2, 0) is 16.6 Å². The summed E-state index contributed by atoms with van der Waals surface area (Å²) < 4.78 is 26.9. The van der Waals surface area contributed by atoms with E-state index in [1.54, 1.807) is 17.4 Å². The maximum Gasteiger partial charge on any atom is 0.317 e. The summed E-state index contributed by atoms with van der Waals surface area (Å²) in [7, 11) is -3.24. The lowest BCUT2D eigenvalue weighted by atomic mass is 10.1. The number of nitrogens with zero attached hydrogens (tertiary/aromatic N) is 3. The van der Waals surface area contributed by atoms with Crippen molar-refractivity contribution in [3.63, 3.8) is 0 Å². The number of amides is 2. The fraction of sp³-hybridized carbons (Fsp3) is 0.667.